The van der Waals surface area contributed by atoms with Crippen molar-refractivity contribution in [1.82, 2.24) is 15.5 Å². The number of aliphatic imine (C=N–C) groups is 1. The zero-order valence-corrected chi connectivity index (χ0v) is 16.1. The lowest BCUT2D eigenvalue weighted by Gasteiger charge is -2.37. The molecule has 1 aromatic carbocycles. The second-order valence-electron chi connectivity index (χ2n) is 6.10. The van der Waals surface area contributed by atoms with Gasteiger partial charge in [0.1, 0.15) is 0 Å². The molecule has 138 valence electrons. The lowest BCUT2D eigenvalue weighted by Crippen LogP contribution is -2.52. The Labute approximate surface area is 158 Å². The molecule has 1 fully saturated rings. The Morgan fingerprint density at radius 2 is 1.88 bits per heavy atom. The van der Waals surface area contributed by atoms with Gasteiger partial charge in [-0.15, -0.1) is 11.3 Å². The molecule has 0 unspecified atom stereocenters. The first-order valence-electron chi connectivity index (χ1n) is 8.76. The largest absolute Gasteiger partial charge is 0.360 e. The first-order valence-corrected chi connectivity index (χ1v) is 9.64. The molecule has 3 rings (SSSR count). The number of guanidine groups is 1. The monoisotopic (exact) mass is 371 g/mol. The fourth-order valence-electron chi connectivity index (χ4n) is 3.02. The van der Waals surface area contributed by atoms with Gasteiger partial charge in [0, 0.05) is 52.4 Å². The minimum absolute atomic E-state index is 0.0658. The average molecular weight is 372 g/mol. The number of carbonyl (C=O) groups is 1. The summed E-state index contributed by atoms with van der Waals surface area (Å²) in [6.07, 6.45) is 0. The predicted molar refractivity (Wildman–Crippen MR) is 108 cm³/mol. The molecular formula is C19H25N5OS. The third-order valence-corrected chi connectivity index (χ3v) is 5.43. The topological polar surface area (TPSA) is 60.0 Å². The lowest BCUT2D eigenvalue weighted by molar-refractivity contribution is 0.0963. The van der Waals surface area contributed by atoms with E-state index in [1.165, 1.54) is 5.00 Å². The van der Waals surface area contributed by atoms with Gasteiger partial charge in [-0.3, -0.25) is 9.79 Å². The van der Waals surface area contributed by atoms with E-state index in [0.717, 1.165) is 37.7 Å². The van der Waals surface area contributed by atoms with Crippen LogP contribution in [-0.2, 0) is 6.54 Å². The van der Waals surface area contributed by atoms with Crippen LogP contribution in [-0.4, -0.2) is 57.0 Å². The van der Waals surface area contributed by atoms with Crippen molar-refractivity contribution < 1.29 is 4.79 Å². The molecule has 0 aliphatic carbocycles. The summed E-state index contributed by atoms with van der Waals surface area (Å²) >= 11 is 1.79. The molecule has 2 N–H and O–H groups in total. The van der Waals surface area contributed by atoms with Crippen molar-refractivity contribution in [3.05, 3.63) is 52.9 Å². The van der Waals surface area contributed by atoms with E-state index < -0.39 is 0 Å². The van der Waals surface area contributed by atoms with E-state index in [4.69, 9.17) is 0 Å². The number of hydrogen-bond acceptors (Lipinski definition) is 4. The van der Waals surface area contributed by atoms with Gasteiger partial charge in [0.15, 0.2) is 5.96 Å². The SMILES string of the molecule is CN=C(NCc1ccc(C(=O)NC)cc1)N1CCN(c2cccs2)CC1. The van der Waals surface area contributed by atoms with Crippen LogP contribution >= 0.6 is 11.3 Å². The Bertz CT molecular complexity index is 734. The quantitative estimate of drug-likeness (QED) is 0.638. The summed E-state index contributed by atoms with van der Waals surface area (Å²) in [4.78, 5) is 20.7. The van der Waals surface area contributed by atoms with Crippen LogP contribution in [0.4, 0.5) is 5.00 Å². The fraction of sp³-hybridized carbons (Fsp3) is 0.368. The second kappa shape index (κ2) is 8.71. The predicted octanol–water partition coefficient (Wildman–Crippen LogP) is 2.01. The molecule has 0 radical (unpaired) electrons. The molecule has 1 saturated heterocycles. The van der Waals surface area contributed by atoms with Crippen LogP contribution < -0.4 is 15.5 Å². The van der Waals surface area contributed by atoms with Crippen molar-refractivity contribution in [3.8, 4) is 0 Å². The molecule has 1 aliphatic rings. The highest BCUT2D eigenvalue weighted by Crippen LogP contribution is 2.22. The van der Waals surface area contributed by atoms with Crippen LogP contribution in [0.15, 0.2) is 46.8 Å². The Morgan fingerprint density at radius 3 is 2.46 bits per heavy atom. The number of nitrogens with zero attached hydrogens (tertiary/aromatic N) is 3. The minimum Gasteiger partial charge on any atom is -0.360 e. The van der Waals surface area contributed by atoms with Gasteiger partial charge in [0.25, 0.3) is 5.91 Å². The zero-order chi connectivity index (χ0) is 18.4. The smallest absolute Gasteiger partial charge is 0.251 e. The van der Waals surface area contributed by atoms with Gasteiger partial charge in [-0.05, 0) is 35.2 Å². The van der Waals surface area contributed by atoms with Gasteiger partial charge in [0.05, 0.1) is 5.00 Å². The molecule has 0 bridgehead atoms. The van der Waals surface area contributed by atoms with Gasteiger partial charge in [0.2, 0.25) is 0 Å². The molecule has 1 amide bonds. The van der Waals surface area contributed by atoms with Crippen LogP contribution in [0.3, 0.4) is 0 Å². The third-order valence-electron chi connectivity index (χ3n) is 4.50. The highest BCUT2D eigenvalue weighted by molar-refractivity contribution is 7.14. The van der Waals surface area contributed by atoms with Crippen molar-refractivity contribution in [2.75, 3.05) is 45.2 Å². The number of amides is 1. The van der Waals surface area contributed by atoms with Crippen LogP contribution in [0.1, 0.15) is 15.9 Å². The van der Waals surface area contributed by atoms with Crippen molar-refractivity contribution in [3.63, 3.8) is 0 Å². The number of piperazine rings is 1. The lowest BCUT2D eigenvalue weighted by atomic mass is 10.1. The van der Waals surface area contributed by atoms with E-state index in [2.05, 4.69) is 42.9 Å². The first kappa shape index (κ1) is 18.3. The molecule has 7 heteroatoms. The van der Waals surface area contributed by atoms with Crippen molar-refractivity contribution in [2.24, 2.45) is 4.99 Å². The highest BCUT2D eigenvalue weighted by atomic mass is 32.1. The van der Waals surface area contributed by atoms with Gasteiger partial charge in [-0.1, -0.05) is 12.1 Å². The van der Waals surface area contributed by atoms with Crippen LogP contribution in [0, 0.1) is 0 Å². The summed E-state index contributed by atoms with van der Waals surface area (Å²) in [6.45, 7) is 4.59. The summed E-state index contributed by atoms with van der Waals surface area (Å²) in [5.41, 5.74) is 1.79. The minimum atomic E-state index is -0.0658. The Hall–Kier alpha value is -2.54. The number of thiophene rings is 1. The average Bonchev–Trinajstić information content (AvgIpc) is 3.23. The molecular weight excluding hydrogens is 346 g/mol. The normalized spacial score (nSPS) is 15.1. The van der Waals surface area contributed by atoms with E-state index in [1.54, 1.807) is 18.4 Å². The second-order valence-corrected chi connectivity index (χ2v) is 7.03. The number of anilines is 1. The van der Waals surface area contributed by atoms with Gasteiger partial charge < -0.3 is 20.4 Å². The summed E-state index contributed by atoms with van der Waals surface area (Å²) in [7, 11) is 3.46. The number of nitrogens with one attached hydrogen (secondary N) is 2. The van der Waals surface area contributed by atoms with Gasteiger partial charge in [-0.25, -0.2) is 0 Å². The summed E-state index contributed by atoms with van der Waals surface area (Å²) in [5.74, 6) is 0.857. The van der Waals surface area contributed by atoms with Gasteiger partial charge >= 0.3 is 0 Å². The summed E-state index contributed by atoms with van der Waals surface area (Å²) in [5, 5.41) is 9.52. The molecule has 0 spiro atoms. The standard InChI is InChI=1S/C19H25N5OS/c1-20-18(25)16-7-5-15(6-8-16)14-22-19(21-2)24-11-9-23(10-12-24)17-4-3-13-26-17/h3-8,13H,9-12,14H2,1-2H3,(H,20,25)(H,21,22). The van der Waals surface area contributed by atoms with E-state index >= 15 is 0 Å². The summed E-state index contributed by atoms with van der Waals surface area (Å²) in [6, 6.07) is 11.9. The molecule has 6 nitrogen and oxygen atoms in total. The molecule has 1 aliphatic heterocycles. The van der Waals surface area contributed by atoms with Crippen LogP contribution in [0.2, 0.25) is 0 Å². The molecule has 26 heavy (non-hydrogen) atoms. The number of carbonyl (C=O) groups excluding carboxylic acids is 1. The van der Waals surface area contributed by atoms with Gasteiger partial charge in [-0.2, -0.15) is 0 Å². The molecule has 0 saturated carbocycles. The Kier molecular flexibility index (Phi) is 6.12. The Morgan fingerprint density at radius 1 is 1.15 bits per heavy atom. The maximum absolute atomic E-state index is 11.6. The van der Waals surface area contributed by atoms with Crippen molar-refractivity contribution in [2.45, 2.75) is 6.54 Å². The molecule has 2 heterocycles. The summed E-state index contributed by atoms with van der Waals surface area (Å²) < 4.78 is 0. The maximum atomic E-state index is 11.6. The number of benzene rings is 1. The van der Waals surface area contributed by atoms with Crippen molar-refractivity contribution >= 4 is 28.2 Å². The Balaban J connectivity index is 1.51. The molecule has 0 atom stereocenters. The van der Waals surface area contributed by atoms with Crippen LogP contribution in [0.5, 0.6) is 0 Å². The van der Waals surface area contributed by atoms with Crippen molar-refractivity contribution in [1.29, 1.82) is 0 Å². The maximum Gasteiger partial charge on any atom is 0.251 e. The third kappa shape index (κ3) is 4.35. The number of hydrogen-bond donors (Lipinski definition) is 2. The van der Waals surface area contributed by atoms with E-state index in [9.17, 15) is 4.79 Å². The number of rotatable bonds is 4. The first-order chi connectivity index (χ1) is 12.7. The van der Waals surface area contributed by atoms with Crippen LogP contribution in [0.25, 0.3) is 0 Å². The highest BCUT2D eigenvalue weighted by Gasteiger charge is 2.20. The fourth-order valence-corrected chi connectivity index (χ4v) is 3.81. The molecule has 2 aromatic rings. The molecule has 1 aromatic heterocycles. The zero-order valence-electron chi connectivity index (χ0n) is 15.2. The van der Waals surface area contributed by atoms with E-state index in [1.807, 2.05) is 31.3 Å². The van der Waals surface area contributed by atoms with E-state index in [0.29, 0.717) is 12.1 Å². The van der Waals surface area contributed by atoms with E-state index in [-0.39, 0.29) is 5.91 Å².